The number of nitrogens with one attached hydrogen (secondary N) is 1. The zero-order valence-corrected chi connectivity index (χ0v) is 31.5. The first-order valence-electron chi connectivity index (χ1n) is 14.5. The largest absolute Gasteiger partial charge is 0.482 e. The van der Waals surface area contributed by atoms with Crippen molar-refractivity contribution in [3.8, 4) is 5.75 Å². The summed E-state index contributed by atoms with van der Waals surface area (Å²) in [6, 6.07) is 18.2. The number of benzene rings is 3. The number of aliphatic hydroxyl groups is 1. The van der Waals surface area contributed by atoms with Gasteiger partial charge in [0, 0.05) is 85.4 Å². The SMILES string of the molecule is C.Cc1cccc([C@H]2O[C@H](CC(=O)NCCc3ccc(OCC(=O)O)cc3)C(=O)N(CC(C)(C)CO)c3ccc(Cl)cc32)c1C.[Ac]. The number of nitrogens with zero attached hydrogens (tertiary/aromatic N) is 1. The molecule has 1 aliphatic rings. The molecule has 0 bridgehead atoms. The van der Waals surface area contributed by atoms with E-state index in [9.17, 15) is 19.5 Å². The number of hydrogen-bond donors (Lipinski definition) is 3. The molecule has 245 valence electrons. The van der Waals surface area contributed by atoms with Crippen LogP contribution in [0.3, 0.4) is 0 Å². The van der Waals surface area contributed by atoms with E-state index in [1.165, 1.54) is 0 Å². The number of carbonyl (C=O) groups is 3. The van der Waals surface area contributed by atoms with Crippen molar-refractivity contribution in [3.63, 3.8) is 0 Å². The van der Waals surface area contributed by atoms with E-state index in [4.69, 9.17) is 26.2 Å². The van der Waals surface area contributed by atoms with Crippen molar-refractivity contribution in [1.29, 1.82) is 0 Å². The maximum absolute atomic E-state index is 14.1. The molecule has 11 heteroatoms. The molecule has 9 nitrogen and oxygen atoms in total. The topological polar surface area (TPSA) is 125 Å². The Hall–Kier alpha value is -2.48. The first kappa shape index (κ1) is 39.7. The summed E-state index contributed by atoms with van der Waals surface area (Å²) in [7, 11) is 0. The number of carbonyl (C=O) groups excluding carboxylic acids is 2. The molecule has 3 aromatic rings. The van der Waals surface area contributed by atoms with Crippen molar-refractivity contribution in [2.24, 2.45) is 5.41 Å². The van der Waals surface area contributed by atoms with Gasteiger partial charge in [0.25, 0.3) is 5.91 Å². The van der Waals surface area contributed by atoms with Crippen molar-refractivity contribution in [3.05, 3.63) is 93.5 Å². The second-order valence-corrected chi connectivity index (χ2v) is 12.3. The standard InChI is InChI=1S/C34H39ClN2O7.CH4.Ac/c1-21-6-5-7-26(22(21)2)32-27-16-24(35)10-13-28(27)37(19-34(3,4)20-38)33(42)29(44-32)17-30(39)36-15-14-23-8-11-25(12-9-23)43-18-31(40)41;;/h5-13,16,29,32,38H,14-15,17-20H2,1-4H3,(H,36,39)(H,40,41);1H4;/t29-,32-;;/m1../s1. The minimum atomic E-state index is -1.09. The van der Waals surface area contributed by atoms with Crippen LogP contribution >= 0.6 is 11.6 Å². The maximum atomic E-state index is 14.1. The Labute approximate surface area is 312 Å². The van der Waals surface area contributed by atoms with Gasteiger partial charge in [0.15, 0.2) is 6.61 Å². The zero-order chi connectivity index (χ0) is 32.0. The summed E-state index contributed by atoms with van der Waals surface area (Å²) in [5.74, 6) is -1.31. The van der Waals surface area contributed by atoms with Crippen LogP contribution < -0.4 is 15.0 Å². The van der Waals surface area contributed by atoms with Crippen LogP contribution in [0.1, 0.15) is 61.6 Å². The van der Waals surface area contributed by atoms with Gasteiger partial charge in [-0.05, 0) is 72.9 Å². The van der Waals surface area contributed by atoms with Crippen LogP contribution in [0.15, 0.2) is 60.7 Å². The molecule has 0 aromatic heterocycles. The van der Waals surface area contributed by atoms with E-state index in [-0.39, 0.29) is 82.9 Å². The number of ether oxygens (including phenoxy) is 2. The molecule has 2 atom stereocenters. The summed E-state index contributed by atoms with van der Waals surface area (Å²) >= 11 is 6.47. The molecule has 0 saturated heterocycles. The van der Waals surface area contributed by atoms with Crippen LogP contribution in [-0.4, -0.2) is 60.4 Å². The zero-order valence-electron chi connectivity index (χ0n) is 26.0. The minimum absolute atomic E-state index is 0. The quantitative estimate of drug-likeness (QED) is 0.215. The van der Waals surface area contributed by atoms with Gasteiger partial charge in [0.2, 0.25) is 5.91 Å². The van der Waals surface area contributed by atoms with Gasteiger partial charge in [0.05, 0.1) is 6.42 Å². The third-order valence-electron chi connectivity index (χ3n) is 7.74. The molecule has 3 aromatic carbocycles. The second-order valence-electron chi connectivity index (χ2n) is 11.9. The number of aliphatic carboxylic acids is 1. The maximum Gasteiger partial charge on any atom is 0.341 e. The molecule has 0 unspecified atom stereocenters. The van der Waals surface area contributed by atoms with Crippen LogP contribution in [0, 0.1) is 63.3 Å². The van der Waals surface area contributed by atoms with Crippen molar-refractivity contribution < 1.29 is 78.1 Å². The van der Waals surface area contributed by atoms with Crippen LogP contribution in [0.25, 0.3) is 0 Å². The van der Waals surface area contributed by atoms with Crippen LogP contribution in [-0.2, 0) is 25.5 Å². The summed E-state index contributed by atoms with van der Waals surface area (Å²) in [4.78, 5) is 39.6. The normalized spacial score (nSPS) is 16.0. The van der Waals surface area contributed by atoms with Crippen molar-refractivity contribution >= 4 is 35.1 Å². The molecular weight excluding hydrogens is 823 g/mol. The van der Waals surface area contributed by atoms with Gasteiger partial charge in [-0.1, -0.05) is 63.2 Å². The van der Waals surface area contributed by atoms with Gasteiger partial charge in [-0.3, -0.25) is 9.59 Å². The molecule has 1 radical (unpaired) electrons. The number of carboxylic acid groups (broad SMARTS) is 1. The van der Waals surface area contributed by atoms with Gasteiger partial charge in [-0.2, -0.15) is 0 Å². The Kier molecular flexibility index (Phi) is 15.2. The van der Waals surface area contributed by atoms with E-state index >= 15 is 0 Å². The molecule has 0 fully saturated rings. The number of carboxylic acids is 1. The number of fused-ring (bicyclic) bond motifs is 1. The fourth-order valence-electron chi connectivity index (χ4n) is 5.13. The predicted octanol–water partition coefficient (Wildman–Crippen LogP) is 5.65. The van der Waals surface area contributed by atoms with Crippen LogP contribution in [0.2, 0.25) is 5.02 Å². The van der Waals surface area contributed by atoms with Crippen molar-refractivity contribution in [2.45, 2.75) is 60.2 Å². The van der Waals surface area contributed by atoms with E-state index in [0.717, 1.165) is 22.3 Å². The van der Waals surface area contributed by atoms with E-state index in [2.05, 4.69) is 5.32 Å². The average Bonchev–Trinajstić information content (AvgIpc) is 3.08. The number of aryl methyl sites for hydroxylation is 1. The number of rotatable bonds is 12. The Morgan fingerprint density at radius 3 is 2.41 bits per heavy atom. The van der Waals surface area contributed by atoms with Gasteiger partial charge in [-0.15, -0.1) is 0 Å². The van der Waals surface area contributed by atoms with Crippen LogP contribution in [0.4, 0.5) is 5.69 Å². The Bertz CT molecular complexity index is 1510. The molecule has 0 saturated carbocycles. The predicted molar refractivity (Wildman–Crippen MR) is 175 cm³/mol. The Balaban J connectivity index is 0.00000368. The minimum Gasteiger partial charge on any atom is -0.482 e. The summed E-state index contributed by atoms with van der Waals surface area (Å²) in [5, 5.41) is 22.2. The summed E-state index contributed by atoms with van der Waals surface area (Å²) < 4.78 is 11.7. The number of anilines is 1. The first-order valence-corrected chi connectivity index (χ1v) is 14.9. The monoisotopic (exact) mass is 865 g/mol. The molecule has 4 rings (SSSR count). The molecule has 46 heavy (non-hydrogen) atoms. The molecule has 3 N–H and O–H groups in total. The van der Waals surface area contributed by atoms with E-state index in [1.54, 1.807) is 47.4 Å². The smallest absolute Gasteiger partial charge is 0.341 e. The summed E-state index contributed by atoms with van der Waals surface area (Å²) in [6.45, 7) is 7.73. The first-order chi connectivity index (χ1) is 20.9. The number of hydrogen-bond acceptors (Lipinski definition) is 6. The van der Waals surface area contributed by atoms with Crippen molar-refractivity contribution in [2.75, 3.05) is 31.2 Å². The van der Waals surface area contributed by atoms with Gasteiger partial charge in [0.1, 0.15) is 18.0 Å². The molecule has 1 heterocycles. The van der Waals surface area contributed by atoms with E-state index in [1.807, 2.05) is 45.9 Å². The summed E-state index contributed by atoms with van der Waals surface area (Å²) in [6.07, 6.45) is -1.42. The van der Waals surface area contributed by atoms with E-state index in [0.29, 0.717) is 35.0 Å². The Morgan fingerprint density at radius 1 is 1.07 bits per heavy atom. The second kappa shape index (κ2) is 17.6. The number of halogens is 1. The van der Waals surface area contributed by atoms with Crippen molar-refractivity contribution in [1.82, 2.24) is 5.32 Å². The molecule has 0 aliphatic carbocycles. The molecule has 1 aliphatic heterocycles. The van der Waals surface area contributed by atoms with Gasteiger partial charge >= 0.3 is 5.97 Å². The third kappa shape index (κ3) is 10.3. The molecular formula is C35H43AcClN2O7. The summed E-state index contributed by atoms with van der Waals surface area (Å²) in [5.41, 5.74) is 4.62. The molecule has 0 spiro atoms. The van der Waals surface area contributed by atoms with Gasteiger partial charge < -0.3 is 29.9 Å². The third-order valence-corrected chi connectivity index (χ3v) is 7.98. The fraction of sp³-hybridized carbons (Fsp3) is 0.400. The average molecular weight is 866 g/mol. The van der Waals surface area contributed by atoms with Gasteiger partial charge in [-0.25, -0.2) is 4.79 Å². The van der Waals surface area contributed by atoms with E-state index < -0.39 is 30.2 Å². The van der Waals surface area contributed by atoms with Crippen LogP contribution in [0.5, 0.6) is 5.75 Å². The number of aliphatic hydroxyl groups excluding tert-OH is 1. The fourth-order valence-corrected chi connectivity index (χ4v) is 5.31. The number of amides is 2. The molecule has 2 amide bonds. The Morgan fingerprint density at radius 2 is 1.76 bits per heavy atom.